The van der Waals surface area contributed by atoms with Gasteiger partial charge in [0.1, 0.15) is 0 Å². The maximum atomic E-state index is 5.85. The average Bonchev–Trinajstić information content (AvgIpc) is 2.75. The summed E-state index contributed by atoms with van der Waals surface area (Å²) in [7, 11) is 0. The van der Waals surface area contributed by atoms with E-state index in [1.807, 2.05) is 11.3 Å². The molecule has 1 aromatic rings. The van der Waals surface area contributed by atoms with Crippen LogP contribution in [0.25, 0.3) is 0 Å². The molecule has 0 bridgehead atoms. The van der Waals surface area contributed by atoms with Crippen molar-refractivity contribution in [1.82, 2.24) is 4.98 Å². The second-order valence-corrected chi connectivity index (χ2v) is 6.24. The molecule has 0 aromatic carbocycles. The number of hydrogen-bond donors (Lipinski definition) is 1. The predicted octanol–water partition coefficient (Wildman–Crippen LogP) is 3.95. The minimum atomic E-state index is 0.518. The maximum Gasteiger partial charge on any atom is 0.0961 e. The lowest BCUT2D eigenvalue weighted by molar-refractivity contribution is 0.442. The van der Waals surface area contributed by atoms with E-state index in [-0.39, 0.29) is 0 Å². The van der Waals surface area contributed by atoms with E-state index in [9.17, 15) is 0 Å². The molecule has 0 radical (unpaired) electrons. The van der Waals surface area contributed by atoms with Crippen molar-refractivity contribution in [3.63, 3.8) is 0 Å². The first-order chi connectivity index (χ1) is 8.26. The third-order valence-electron chi connectivity index (χ3n) is 3.95. The van der Waals surface area contributed by atoms with Crippen LogP contribution in [0.1, 0.15) is 72.9 Å². The molecular formula is C14H24N2S. The highest BCUT2D eigenvalue weighted by Gasteiger charge is 2.22. The van der Waals surface area contributed by atoms with Crippen molar-refractivity contribution < 1.29 is 0 Å². The molecule has 0 aliphatic heterocycles. The zero-order valence-corrected chi connectivity index (χ0v) is 11.9. The largest absolute Gasteiger partial charge is 0.330 e. The first-order valence-corrected chi connectivity index (χ1v) is 7.75. The van der Waals surface area contributed by atoms with Gasteiger partial charge in [-0.1, -0.05) is 26.2 Å². The summed E-state index contributed by atoms with van der Waals surface area (Å²) in [5, 5.41) is 1.38. The van der Waals surface area contributed by atoms with Crippen molar-refractivity contribution in [2.45, 2.75) is 64.2 Å². The highest BCUT2D eigenvalue weighted by molar-refractivity contribution is 7.12. The van der Waals surface area contributed by atoms with Gasteiger partial charge in [0.2, 0.25) is 0 Å². The average molecular weight is 252 g/mol. The van der Waals surface area contributed by atoms with Gasteiger partial charge in [-0.15, -0.1) is 11.3 Å². The molecule has 1 atom stereocenters. The highest BCUT2D eigenvalue weighted by atomic mass is 32.1. The summed E-state index contributed by atoms with van der Waals surface area (Å²) in [6, 6.07) is 0. The van der Waals surface area contributed by atoms with Gasteiger partial charge < -0.3 is 5.73 Å². The summed E-state index contributed by atoms with van der Waals surface area (Å²) in [4.78, 5) is 6.25. The second-order valence-electron chi connectivity index (χ2n) is 5.18. The summed E-state index contributed by atoms with van der Waals surface area (Å²) in [6.07, 6.45) is 7.98. The van der Waals surface area contributed by atoms with Crippen molar-refractivity contribution in [2.75, 3.05) is 6.54 Å². The fourth-order valence-corrected chi connectivity index (χ4v) is 4.22. The van der Waals surface area contributed by atoms with Gasteiger partial charge in [0.25, 0.3) is 0 Å². The van der Waals surface area contributed by atoms with Crippen LogP contribution in [0.3, 0.4) is 0 Å². The van der Waals surface area contributed by atoms with Crippen LogP contribution in [0.15, 0.2) is 0 Å². The van der Waals surface area contributed by atoms with E-state index < -0.39 is 0 Å². The molecule has 2 nitrogen and oxygen atoms in total. The van der Waals surface area contributed by atoms with Gasteiger partial charge in [0.15, 0.2) is 0 Å². The molecule has 1 aliphatic rings. The Hall–Kier alpha value is -0.410. The van der Waals surface area contributed by atoms with Crippen LogP contribution in [0.4, 0.5) is 0 Å². The van der Waals surface area contributed by atoms with Crippen LogP contribution < -0.4 is 5.73 Å². The normalized spacial score (nSPS) is 19.5. The molecule has 2 N–H and O–H groups in total. The van der Waals surface area contributed by atoms with Gasteiger partial charge in [-0.3, -0.25) is 0 Å². The van der Waals surface area contributed by atoms with Crippen LogP contribution in [-0.4, -0.2) is 11.5 Å². The van der Waals surface area contributed by atoms with E-state index in [0.29, 0.717) is 5.92 Å². The molecule has 1 aromatic heterocycles. The highest BCUT2D eigenvalue weighted by Crippen LogP contribution is 2.38. The quantitative estimate of drug-likeness (QED) is 0.881. The number of nitrogens with two attached hydrogens (primary N) is 1. The Morgan fingerprint density at radius 1 is 1.35 bits per heavy atom. The molecule has 1 heterocycles. The molecule has 3 heteroatoms. The topological polar surface area (TPSA) is 38.9 Å². The Balaban J connectivity index is 2.16. The molecular weight excluding hydrogens is 228 g/mol. The van der Waals surface area contributed by atoms with Gasteiger partial charge >= 0.3 is 0 Å². The molecule has 0 amide bonds. The Kier molecular flexibility index (Phi) is 4.57. The maximum absolute atomic E-state index is 5.85. The van der Waals surface area contributed by atoms with Crippen LogP contribution in [0, 0.1) is 6.92 Å². The van der Waals surface area contributed by atoms with Crippen molar-refractivity contribution in [1.29, 1.82) is 0 Å². The van der Waals surface area contributed by atoms with Crippen molar-refractivity contribution >= 4 is 11.3 Å². The lowest BCUT2D eigenvalue weighted by atomic mass is 9.90. The SMILES string of the molecule is CCC(CN)c1sc(C2CCCCC2)nc1C. The summed E-state index contributed by atoms with van der Waals surface area (Å²) < 4.78 is 0. The zero-order valence-electron chi connectivity index (χ0n) is 11.0. The molecule has 1 fully saturated rings. The zero-order chi connectivity index (χ0) is 12.3. The fraction of sp³-hybridized carbons (Fsp3) is 0.786. The van der Waals surface area contributed by atoms with Crippen molar-refractivity contribution in [3.05, 3.63) is 15.6 Å². The molecule has 1 saturated carbocycles. The first-order valence-electron chi connectivity index (χ1n) is 6.93. The van der Waals surface area contributed by atoms with Gasteiger partial charge in [-0.25, -0.2) is 4.98 Å². The smallest absolute Gasteiger partial charge is 0.0961 e. The third-order valence-corrected chi connectivity index (χ3v) is 5.43. The van der Waals surface area contributed by atoms with Gasteiger partial charge in [-0.2, -0.15) is 0 Å². The first kappa shape index (κ1) is 13.0. The number of thiazole rings is 1. The Morgan fingerprint density at radius 2 is 2.06 bits per heavy atom. The van der Waals surface area contributed by atoms with Crippen molar-refractivity contribution in [2.24, 2.45) is 5.73 Å². The third kappa shape index (κ3) is 2.89. The molecule has 0 spiro atoms. The number of aromatic nitrogens is 1. The molecule has 1 aliphatic carbocycles. The van der Waals surface area contributed by atoms with Crippen LogP contribution in [-0.2, 0) is 0 Å². The van der Waals surface area contributed by atoms with E-state index >= 15 is 0 Å². The summed E-state index contributed by atoms with van der Waals surface area (Å²) in [5.41, 5.74) is 7.08. The molecule has 96 valence electrons. The van der Waals surface area contributed by atoms with Crippen LogP contribution in [0.2, 0.25) is 0 Å². The van der Waals surface area contributed by atoms with E-state index in [2.05, 4.69) is 13.8 Å². The van der Waals surface area contributed by atoms with E-state index in [0.717, 1.165) is 18.9 Å². The van der Waals surface area contributed by atoms with E-state index in [4.69, 9.17) is 10.7 Å². The Labute approximate surface area is 109 Å². The van der Waals surface area contributed by atoms with Crippen LogP contribution in [0.5, 0.6) is 0 Å². The van der Waals surface area contributed by atoms with Gasteiger partial charge in [0, 0.05) is 23.3 Å². The predicted molar refractivity (Wildman–Crippen MR) is 74.8 cm³/mol. The lowest BCUT2D eigenvalue weighted by Crippen LogP contribution is -2.11. The molecule has 1 unspecified atom stereocenters. The van der Waals surface area contributed by atoms with Gasteiger partial charge in [0.05, 0.1) is 10.7 Å². The second kappa shape index (κ2) is 5.96. The van der Waals surface area contributed by atoms with E-state index in [1.54, 1.807) is 0 Å². The number of aryl methyl sites for hydroxylation is 1. The minimum Gasteiger partial charge on any atom is -0.330 e. The Morgan fingerprint density at radius 3 is 2.65 bits per heavy atom. The lowest BCUT2D eigenvalue weighted by Gasteiger charge is -2.19. The number of rotatable bonds is 4. The standard InChI is InChI=1S/C14H24N2S/c1-3-11(9-15)13-10(2)16-14(17-13)12-7-5-4-6-8-12/h11-12H,3-9,15H2,1-2H3. The molecule has 17 heavy (non-hydrogen) atoms. The van der Waals surface area contributed by atoms with Crippen LogP contribution >= 0.6 is 11.3 Å². The Bertz CT molecular complexity index is 349. The number of nitrogens with zero attached hydrogens (tertiary/aromatic N) is 1. The van der Waals surface area contributed by atoms with Gasteiger partial charge in [-0.05, 0) is 26.2 Å². The summed E-state index contributed by atoms with van der Waals surface area (Å²) in [6.45, 7) is 5.12. The number of hydrogen-bond acceptors (Lipinski definition) is 3. The van der Waals surface area contributed by atoms with Crippen molar-refractivity contribution in [3.8, 4) is 0 Å². The van der Waals surface area contributed by atoms with E-state index in [1.165, 1.54) is 47.7 Å². The molecule has 2 rings (SSSR count). The summed E-state index contributed by atoms with van der Waals surface area (Å²) in [5.74, 6) is 1.25. The molecule has 0 saturated heterocycles. The minimum absolute atomic E-state index is 0.518. The summed E-state index contributed by atoms with van der Waals surface area (Å²) >= 11 is 1.93. The fourth-order valence-electron chi connectivity index (χ4n) is 2.79. The monoisotopic (exact) mass is 252 g/mol.